The normalized spacial score (nSPS) is 15.4. The minimum Gasteiger partial charge on any atom is -0.508 e. The summed E-state index contributed by atoms with van der Waals surface area (Å²) in [6.45, 7) is 6.21. The zero-order valence-electron chi connectivity index (χ0n) is 11.8. The summed E-state index contributed by atoms with van der Waals surface area (Å²) in [5.74, 6) is 0.326. The second-order valence-corrected chi connectivity index (χ2v) is 5.33. The molecule has 1 aliphatic rings. The molecule has 2 aromatic rings. The number of phenolic OH excluding ortho intramolecular Hbond substituents is 1. The van der Waals surface area contributed by atoms with Gasteiger partial charge in [0.2, 0.25) is 0 Å². The van der Waals surface area contributed by atoms with Gasteiger partial charge in [0.05, 0.1) is 0 Å². The van der Waals surface area contributed by atoms with Crippen LogP contribution in [0.4, 0.5) is 11.4 Å². The quantitative estimate of drug-likeness (QED) is 0.907. The van der Waals surface area contributed by atoms with Crippen molar-refractivity contribution in [2.75, 3.05) is 36.0 Å². The number of rotatable bonds is 2. The minimum atomic E-state index is 0.326. The lowest BCUT2D eigenvalue weighted by Gasteiger charge is -2.37. The summed E-state index contributed by atoms with van der Waals surface area (Å²) in [5.41, 5.74) is 3.80. The van der Waals surface area contributed by atoms with Gasteiger partial charge in [0.25, 0.3) is 0 Å². The Morgan fingerprint density at radius 2 is 1.10 bits per heavy atom. The predicted molar refractivity (Wildman–Crippen MR) is 83.7 cm³/mol. The van der Waals surface area contributed by atoms with Gasteiger partial charge in [-0.15, -0.1) is 0 Å². The molecule has 0 bridgehead atoms. The maximum atomic E-state index is 9.34. The lowest BCUT2D eigenvalue weighted by atomic mass is 10.2. The molecular formula is C17H20N2O. The summed E-state index contributed by atoms with van der Waals surface area (Å²) in [5, 5.41) is 9.34. The van der Waals surface area contributed by atoms with Gasteiger partial charge in [-0.3, -0.25) is 0 Å². The maximum absolute atomic E-state index is 9.34. The molecule has 1 fully saturated rings. The Morgan fingerprint density at radius 1 is 0.700 bits per heavy atom. The van der Waals surface area contributed by atoms with Gasteiger partial charge in [-0.1, -0.05) is 17.7 Å². The van der Waals surface area contributed by atoms with Crippen molar-refractivity contribution in [2.24, 2.45) is 0 Å². The molecular weight excluding hydrogens is 248 g/mol. The molecule has 0 saturated carbocycles. The summed E-state index contributed by atoms with van der Waals surface area (Å²) in [7, 11) is 0. The van der Waals surface area contributed by atoms with Crippen LogP contribution in [-0.4, -0.2) is 31.3 Å². The van der Waals surface area contributed by atoms with E-state index >= 15 is 0 Å². The highest BCUT2D eigenvalue weighted by Gasteiger charge is 2.17. The number of hydrogen-bond donors (Lipinski definition) is 1. The molecule has 3 rings (SSSR count). The highest BCUT2D eigenvalue weighted by atomic mass is 16.3. The third-order valence-corrected chi connectivity index (χ3v) is 3.89. The fourth-order valence-electron chi connectivity index (χ4n) is 2.64. The number of hydrogen-bond acceptors (Lipinski definition) is 3. The molecule has 1 aliphatic heterocycles. The molecule has 0 atom stereocenters. The monoisotopic (exact) mass is 268 g/mol. The number of aromatic hydroxyl groups is 1. The van der Waals surface area contributed by atoms with Crippen molar-refractivity contribution < 1.29 is 5.11 Å². The highest BCUT2D eigenvalue weighted by Crippen LogP contribution is 2.22. The van der Waals surface area contributed by atoms with Crippen LogP contribution in [-0.2, 0) is 0 Å². The number of benzene rings is 2. The smallest absolute Gasteiger partial charge is 0.115 e. The van der Waals surface area contributed by atoms with Crippen LogP contribution in [0.2, 0.25) is 0 Å². The van der Waals surface area contributed by atoms with Crippen LogP contribution < -0.4 is 9.80 Å². The van der Waals surface area contributed by atoms with E-state index in [0.29, 0.717) is 5.75 Å². The fraction of sp³-hybridized carbons (Fsp3) is 0.294. The van der Waals surface area contributed by atoms with Crippen LogP contribution in [0, 0.1) is 6.92 Å². The van der Waals surface area contributed by atoms with Crippen molar-refractivity contribution in [1.29, 1.82) is 0 Å². The predicted octanol–water partition coefficient (Wildman–Crippen LogP) is 3.03. The van der Waals surface area contributed by atoms with Crippen LogP contribution in [0.1, 0.15) is 5.56 Å². The third-order valence-electron chi connectivity index (χ3n) is 3.89. The Hall–Kier alpha value is -2.16. The molecule has 0 spiro atoms. The molecule has 1 heterocycles. The first-order valence-corrected chi connectivity index (χ1v) is 7.08. The first-order chi connectivity index (χ1) is 9.72. The Labute approximate surface area is 120 Å². The Kier molecular flexibility index (Phi) is 3.50. The van der Waals surface area contributed by atoms with E-state index in [2.05, 4.69) is 41.0 Å². The molecule has 1 N–H and O–H groups in total. The molecule has 0 unspecified atom stereocenters. The number of anilines is 2. The average molecular weight is 268 g/mol. The summed E-state index contributed by atoms with van der Waals surface area (Å²) >= 11 is 0. The van der Waals surface area contributed by atoms with Crippen LogP contribution in [0.3, 0.4) is 0 Å². The largest absolute Gasteiger partial charge is 0.508 e. The maximum Gasteiger partial charge on any atom is 0.115 e. The summed E-state index contributed by atoms with van der Waals surface area (Å²) in [6, 6.07) is 16.2. The van der Waals surface area contributed by atoms with Crippen LogP contribution in [0.25, 0.3) is 0 Å². The number of piperazine rings is 1. The summed E-state index contributed by atoms with van der Waals surface area (Å²) in [6.07, 6.45) is 0. The lowest BCUT2D eigenvalue weighted by Crippen LogP contribution is -2.46. The highest BCUT2D eigenvalue weighted by molar-refractivity contribution is 5.53. The second-order valence-electron chi connectivity index (χ2n) is 5.33. The van der Waals surface area contributed by atoms with Gasteiger partial charge in [0.1, 0.15) is 5.75 Å². The summed E-state index contributed by atoms with van der Waals surface area (Å²) < 4.78 is 0. The van der Waals surface area contributed by atoms with Crippen molar-refractivity contribution >= 4 is 11.4 Å². The SMILES string of the molecule is Cc1ccc(N2CCN(c3ccc(O)cc3)CC2)cc1. The summed E-state index contributed by atoms with van der Waals surface area (Å²) in [4.78, 5) is 4.79. The third kappa shape index (κ3) is 2.72. The van der Waals surface area contributed by atoms with Crippen molar-refractivity contribution in [3.8, 4) is 5.75 Å². The van der Waals surface area contributed by atoms with E-state index in [4.69, 9.17) is 0 Å². The molecule has 3 nitrogen and oxygen atoms in total. The molecule has 0 amide bonds. The molecule has 20 heavy (non-hydrogen) atoms. The minimum absolute atomic E-state index is 0.326. The van der Waals surface area contributed by atoms with Crippen molar-refractivity contribution in [3.63, 3.8) is 0 Å². The van der Waals surface area contributed by atoms with E-state index < -0.39 is 0 Å². The fourth-order valence-corrected chi connectivity index (χ4v) is 2.64. The van der Waals surface area contributed by atoms with E-state index in [9.17, 15) is 5.11 Å². The molecule has 0 radical (unpaired) electrons. The van der Waals surface area contributed by atoms with Crippen LogP contribution in [0.15, 0.2) is 48.5 Å². The van der Waals surface area contributed by atoms with Gasteiger partial charge in [-0.2, -0.15) is 0 Å². The van der Waals surface area contributed by atoms with E-state index in [1.165, 1.54) is 16.9 Å². The van der Waals surface area contributed by atoms with E-state index in [1.54, 1.807) is 12.1 Å². The van der Waals surface area contributed by atoms with E-state index in [0.717, 1.165) is 26.2 Å². The number of nitrogens with zero attached hydrogens (tertiary/aromatic N) is 2. The number of phenols is 1. The van der Waals surface area contributed by atoms with Crippen LogP contribution in [0.5, 0.6) is 5.75 Å². The average Bonchev–Trinajstić information content (AvgIpc) is 2.49. The van der Waals surface area contributed by atoms with Gasteiger partial charge in [0, 0.05) is 37.6 Å². The lowest BCUT2D eigenvalue weighted by molar-refractivity contribution is 0.475. The van der Waals surface area contributed by atoms with Gasteiger partial charge in [-0.05, 0) is 43.3 Å². The Morgan fingerprint density at radius 3 is 1.55 bits per heavy atom. The molecule has 104 valence electrons. The Balaban J connectivity index is 1.64. The molecule has 0 aliphatic carbocycles. The first kappa shape index (κ1) is 12.9. The first-order valence-electron chi connectivity index (χ1n) is 7.08. The topological polar surface area (TPSA) is 26.7 Å². The Bertz CT molecular complexity index is 501. The molecule has 0 aromatic heterocycles. The molecule has 3 heteroatoms. The number of aryl methyl sites for hydroxylation is 1. The van der Waals surface area contributed by atoms with Gasteiger partial charge >= 0.3 is 0 Å². The van der Waals surface area contributed by atoms with Gasteiger partial charge in [-0.25, -0.2) is 0 Å². The zero-order valence-corrected chi connectivity index (χ0v) is 11.8. The van der Waals surface area contributed by atoms with E-state index in [1.807, 2.05) is 12.1 Å². The zero-order chi connectivity index (χ0) is 13.9. The van der Waals surface area contributed by atoms with Gasteiger partial charge in [0.15, 0.2) is 0 Å². The van der Waals surface area contributed by atoms with Crippen molar-refractivity contribution in [2.45, 2.75) is 6.92 Å². The van der Waals surface area contributed by atoms with Crippen molar-refractivity contribution in [3.05, 3.63) is 54.1 Å². The van der Waals surface area contributed by atoms with Crippen LogP contribution >= 0.6 is 0 Å². The van der Waals surface area contributed by atoms with Gasteiger partial charge < -0.3 is 14.9 Å². The van der Waals surface area contributed by atoms with E-state index in [-0.39, 0.29) is 0 Å². The standard InChI is InChI=1S/C17H20N2O/c1-14-2-4-15(5-3-14)18-10-12-19(13-11-18)16-6-8-17(20)9-7-16/h2-9,20H,10-13H2,1H3. The molecule has 1 saturated heterocycles. The molecule has 2 aromatic carbocycles. The second kappa shape index (κ2) is 5.45. The van der Waals surface area contributed by atoms with Crippen molar-refractivity contribution in [1.82, 2.24) is 0 Å².